The van der Waals surface area contributed by atoms with Crippen molar-refractivity contribution in [1.82, 2.24) is 4.90 Å². The summed E-state index contributed by atoms with van der Waals surface area (Å²) in [7, 11) is 6.35. The second-order valence-electron chi connectivity index (χ2n) is 6.41. The van der Waals surface area contributed by atoms with Crippen LogP contribution in [0.15, 0.2) is 30.3 Å². The molecule has 0 bridgehead atoms. The van der Waals surface area contributed by atoms with Crippen LogP contribution in [0.3, 0.4) is 0 Å². The summed E-state index contributed by atoms with van der Waals surface area (Å²) >= 11 is 0. The lowest BCUT2D eigenvalue weighted by molar-refractivity contribution is -0.131. The van der Waals surface area contributed by atoms with E-state index in [-0.39, 0.29) is 12.3 Å². The van der Waals surface area contributed by atoms with E-state index in [1.165, 1.54) is 5.56 Å². The zero-order valence-corrected chi connectivity index (χ0v) is 16.2. The number of methoxy groups -OCH3 is 4. The van der Waals surface area contributed by atoms with E-state index >= 15 is 0 Å². The Bertz CT molecular complexity index is 808. The van der Waals surface area contributed by atoms with Crippen LogP contribution in [-0.2, 0) is 24.2 Å². The van der Waals surface area contributed by atoms with Gasteiger partial charge in [-0.3, -0.25) is 4.79 Å². The molecule has 6 heteroatoms. The van der Waals surface area contributed by atoms with Crippen LogP contribution in [0.4, 0.5) is 0 Å². The molecule has 3 rings (SSSR count). The summed E-state index contributed by atoms with van der Waals surface area (Å²) < 4.78 is 21.4. The molecule has 1 heterocycles. The van der Waals surface area contributed by atoms with E-state index in [4.69, 9.17) is 18.9 Å². The molecule has 0 N–H and O–H groups in total. The first-order chi connectivity index (χ1) is 13.1. The highest BCUT2D eigenvalue weighted by Gasteiger charge is 2.22. The first kappa shape index (κ1) is 18.9. The van der Waals surface area contributed by atoms with Crippen molar-refractivity contribution in [3.8, 4) is 23.0 Å². The molecule has 1 aliphatic heterocycles. The van der Waals surface area contributed by atoms with Gasteiger partial charge >= 0.3 is 0 Å². The fourth-order valence-electron chi connectivity index (χ4n) is 3.40. The number of rotatable bonds is 6. The van der Waals surface area contributed by atoms with Crippen molar-refractivity contribution in [3.63, 3.8) is 0 Å². The number of amides is 1. The van der Waals surface area contributed by atoms with Crippen LogP contribution in [0.2, 0.25) is 0 Å². The van der Waals surface area contributed by atoms with Crippen molar-refractivity contribution < 1.29 is 23.7 Å². The van der Waals surface area contributed by atoms with Crippen molar-refractivity contribution in [2.75, 3.05) is 35.0 Å². The molecule has 1 amide bonds. The fraction of sp³-hybridized carbons (Fsp3) is 0.381. The van der Waals surface area contributed by atoms with Gasteiger partial charge in [-0.25, -0.2) is 0 Å². The summed E-state index contributed by atoms with van der Waals surface area (Å²) in [5, 5.41) is 0. The van der Waals surface area contributed by atoms with E-state index in [0.717, 1.165) is 23.3 Å². The van der Waals surface area contributed by atoms with Crippen molar-refractivity contribution in [2.45, 2.75) is 19.4 Å². The lowest BCUT2D eigenvalue weighted by Crippen LogP contribution is -2.36. The highest BCUT2D eigenvalue weighted by molar-refractivity contribution is 5.79. The molecule has 0 spiro atoms. The molecule has 0 radical (unpaired) electrons. The average molecular weight is 371 g/mol. The first-order valence-electron chi connectivity index (χ1n) is 8.82. The van der Waals surface area contributed by atoms with Crippen molar-refractivity contribution in [2.24, 2.45) is 0 Å². The first-order valence-corrected chi connectivity index (χ1v) is 8.82. The van der Waals surface area contributed by atoms with Crippen LogP contribution in [0.25, 0.3) is 0 Å². The van der Waals surface area contributed by atoms with Crippen LogP contribution in [0.1, 0.15) is 16.7 Å². The quantitative estimate of drug-likeness (QED) is 0.782. The molecule has 0 unspecified atom stereocenters. The van der Waals surface area contributed by atoms with Gasteiger partial charge in [-0.05, 0) is 47.4 Å². The summed E-state index contributed by atoms with van der Waals surface area (Å²) in [6.07, 6.45) is 1.12. The zero-order chi connectivity index (χ0) is 19.4. The van der Waals surface area contributed by atoms with Gasteiger partial charge in [-0.15, -0.1) is 0 Å². The van der Waals surface area contributed by atoms with Gasteiger partial charge in [0.25, 0.3) is 0 Å². The van der Waals surface area contributed by atoms with Gasteiger partial charge in [0.1, 0.15) is 5.75 Å². The van der Waals surface area contributed by atoms with Crippen molar-refractivity contribution in [1.29, 1.82) is 0 Å². The maximum Gasteiger partial charge on any atom is 0.227 e. The normalized spacial score (nSPS) is 13.0. The third-order valence-electron chi connectivity index (χ3n) is 4.86. The highest BCUT2D eigenvalue weighted by Crippen LogP contribution is 2.38. The van der Waals surface area contributed by atoms with Crippen LogP contribution in [-0.4, -0.2) is 45.8 Å². The van der Waals surface area contributed by atoms with E-state index in [1.807, 2.05) is 29.2 Å². The minimum atomic E-state index is 0.0674. The van der Waals surface area contributed by atoms with Crippen molar-refractivity contribution in [3.05, 3.63) is 47.0 Å². The molecule has 0 atom stereocenters. The van der Waals surface area contributed by atoms with Gasteiger partial charge in [0, 0.05) is 13.1 Å². The van der Waals surface area contributed by atoms with Crippen LogP contribution < -0.4 is 18.9 Å². The van der Waals surface area contributed by atoms with Gasteiger partial charge in [0.15, 0.2) is 11.5 Å². The SMILES string of the molecule is COc1ccc2c(c1)CN(C(=O)Cc1cc(OC)c(OC)c(OC)c1)CC2. The number of hydrogen-bond acceptors (Lipinski definition) is 5. The maximum absolute atomic E-state index is 12.9. The number of carbonyl (C=O) groups excluding carboxylic acids is 1. The Morgan fingerprint density at radius 2 is 1.63 bits per heavy atom. The molecular formula is C21H25NO5. The van der Waals surface area contributed by atoms with E-state index in [2.05, 4.69) is 6.07 Å². The molecule has 144 valence electrons. The van der Waals surface area contributed by atoms with E-state index < -0.39 is 0 Å². The molecule has 6 nitrogen and oxygen atoms in total. The number of fused-ring (bicyclic) bond motifs is 1. The number of nitrogens with zero attached hydrogens (tertiary/aromatic N) is 1. The topological polar surface area (TPSA) is 57.2 Å². The van der Waals surface area contributed by atoms with E-state index in [0.29, 0.717) is 30.3 Å². The van der Waals surface area contributed by atoms with Gasteiger partial charge in [-0.1, -0.05) is 6.07 Å². The Hall–Kier alpha value is -2.89. The Morgan fingerprint density at radius 1 is 0.926 bits per heavy atom. The lowest BCUT2D eigenvalue weighted by atomic mass is 9.98. The second-order valence-corrected chi connectivity index (χ2v) is 6.41. The highest BCUT2D eigenvalue weighted by atomic mass is 16.5. The predicted octanol–water partition coefficient (Wildman–Crippen LogP) is 2.85. The molecule has 0 aromatic heterocycles. The van der Waals surface area contributed by atoms with Gasteiger partial charge in [0.2, 0.25) is 11.7 Å². The number of ether oxygens (including phenoxy) is 4. The average Bonchev–Trinajstić information content (AvgIpc) is 2.71. The Labute approximate surface area is 159 Å². The fourth-order valence-corrected chi connectivity index (χ4v) is 3.40. The number of carbonyl (C=O) groups is 1. The minimum Gasteiger partial charge on any atom is -0.497 e. The van der Waals surface area contributed by atoms with Crippen LogP contribution in [0, 0.1) is 0 Å². The second kappa shape index (κ2) is 8.20. The molecule has 0 saturated carbocycles. The van der Waals surface area contributed by atoms with Gasteiger partial charge < -0.3 is 23.8 Å². The molecule has 27 heavy (non-hydrogen) atoms. The van der Waals surface area contributed by atoms with Crippen molar-refractivity contribution >= 4 is 5.91 Å². The van der Waals surface area contributed by atoms with E-state index in [1.54, 1.807) is 28.4 Å². The largest absolute Gasteiger partial charge is 0.497 e. The smallest absolute Gasteiger partial charge is 0.227 e. The summed E-state index contributed by atoms with van der Waals surface area (Å²) in [6, 6.07) is 9.69. The zero-order valence-electron chi connectivity index (χ0n) is 16.2. The Kier molecular flexibility index (Phi) is 5.74. The standard InChI is InChI=1S/C21H25NO5/c1-24-17-6-5-15-7-8-22(13-16(15)12-17)20(23)11-14-9-18(25-2)21(27-4)19(10-14)26-3/h5-6,9-10,12H,7-8,11,13H2,1-4H3. The summed E-state index contributed by atoms with van der Waals surface area (Å²) in [6.45, 7) is 1.30. The summed E-state index contributed by atoms with van der Waals surface area (Å²) in [5.41, 5.74) is 3.23. The monoisotopic (exact) mass is 371 g/mol. The van der Waals surface area contributed by atoms with Crippen LogP contribution in [0.5, 0.6) is 23.0 Å². The molecule has 0 saturated heterocycles. The Balaban J connectivity index is 1.77. The minimum absolute atomic E-state index is 0.0674. The van der Waals surface area contributed by atoms with Crippen LogP contribution >= 0.6 is 0 Å². The third kappa shape index (κ3) is 3.94. The maximum atomic E-state index is 12.9. The molecular weight excluding hydrogens is 346 g/mol. The molecule has 2 aromatic carbocycles. The molecule has 0 fully saturated rings. The number of benzene rings is 2. The molecule has 2 aromatic rings. The summed E-state index contributed by atoms with van der Waals surface area (Å²) in [4.78, 5) is 14.7. The summed E-state index contributed by atoms with van der Waals surface area (Å²) in [5.74, 6) is 2.50. The lowest BCUT2D eigenvalue weighted by Gasteiger charge is -2.29. The third-order valence-corrected chi connectivity index (χ3v) is 4.86. The van der Waals surface area contributed by atoms with E-state index in [9.17, 15) is 4.79 Å². The van der Waals surface area contributed by atoms with Gasteiger partial charge in [-0.2, -0.15) is 0 Å². The molecule has 1 aliphatic rings. The van der Waals surface area contributed by atoms with Gasteiger partial charge in [0.05, 0.1) is 34.9 Å². The number of hydrogen-bond donors (Lipinski definition) is 0. The Morgan fingerprint density at radius 3 is 2.22 bits per heavy atom. The predicted molar refractivity (Wildman–Crippen MR) is 102 cm³/mol. The molecule has 0 aliphatic carbocycles.